The minimum atomic E-state index is 0.970. The van der Waals surface area contributed by atoms with Gasteiger partial charge in [-0.05, 0) is 76.2 Å². The van der Waals surface area contributed by atoms with Crippen LogP contribution in [0, 0.1) is 6.92 Å². The number of para-hydroxylation sites is 1. The van der Waals surface area contributed by atoms with Crippen LogP contribution >= 0.6 is 11.3 Å². The van der Waals surface area contributed by atoms with Gasteiger partial charge in [-0.2, -0.15) is 0 Å². The fourth-order valence-electron chi connectivity index (χ4n) is 7.57. The Balaban J connectivity index is 1.32. The van der Waals surface area contributed by atoms with Gasteiger partial charge < -0.3 is 0 Å². The molecule has 0 unspecified atom stereocenters. The SMILES string of the molecule is Cc1c(N2c3ccc4ccccc4c3-c3cccc4cccc2c34)nc2ccccc2c1-c1ccc2sc3ccccc3c2c1. The number of anilines is 3. The van der Waals surface area contributed by atoms with Crippen molar-refractivity contribution in [2.24, 2.45) is 0 Å². The Bertz CT molecular complexity index is 2680. The number of fused-ring (bicyclic) bond motifs is 8. The average Bonchev–Trinajstić information content (AvgIpc) is 3.46. The van der Waals surface area contributed by atoms with Crippen molar-refractivity contribution < 1.29 is 0 Å². The van der Waals surface area contributed by atoms with Crippen molar-refractivity contribution in [3.05, 3.63) is 145 Å². The molecule has 1 aliphatic rings. The molecule has 3 heterocycles. The second kappa shape index (κ2) is 9.25. The zero-order valence-corrected chi connectivity index (χ0v) is 25.4. The molecule has 0 bridgehead atoms. The van der Waals surface area contributed by atoms with E-state index in [1.807, 2.05) is 11.3 Å². The minimum absolute atomic E-state index is 0.970. The number of nitrogens with zero attached hydrogens (tertiary/aromatic N) is 2. The molecule has 7 aromatic carbocycles. The second-order valence-corrected chi connectivity index (χ2v) is 13.0. The second-order valence-electron chi connectivity index (χ2n) is 12.0. The topological polar surface area (TPSA) is 16.1 Å². The third-order valence-corrected chi connectivity index (χ3v) is 10.7. The first-order chi connectivity index (χ1) is 22.2. The van der Waals surface area contributed by atoms with Crippen LogP contribution in [0.4, 0.5) is 17.2 Å². The Hall–Kier alpha value is -5.51. The van der Waals surface area contributed by atoms with Crippen molar-refractivity contribution in [2.45, 2.75) is 6.92 Å². The van der Waals surface area contributed by atoms with Crippen LogP contribution in [0.3, 0.4) is 0 Å². The highest BCUT2D eigenvalue weighted by atomic mass is 32.1. The lowest BCUT2D eigenvalue weighted by Gasteiger charge is -2.35. The molecule has 0 saturated carbocycles. The standard InChI is InChI=1S/C42H26N2S/c1-25-39(28-21-23-38-33(24-28)30-14-5-7-19-37(30)45-38)31-15-4-6-17-34(31)43-42(25)44-35-18-9-12-27-11-8-16-32(40(27)35)41-29-13-3-2-10-26(29)20-22-36(41)44/h2-24H,1H3. The monoisotopic (exact) mass is 590 g/mol. The van der Waals surface area contributed by atoms with Crippen LogP contribution in [0.15, 0.2) is 140 Å². The molecule has 0 amide bonds. The summed E-state index contributed by atoms with van der Waals surface area (Å²) in [4.78, 5) is 7.87. The molecular weight excluding hydrogens is 565 g/mol. The molecule has 0 radical (unpaired) electrons. The zero-order chi connectivity index (χ0) is 29.6. The molecule has 0 spiro atoms. The van der Waals surface area contributed by atoms with Gasteiger partial charge in [-0.15, -0.1) is 11.3 Å². The molecule has 10 rings (SSSR count). The summed E-state index contributed by atoms with van der Waals surface area (Å²) < 4.78 is 2.64. The van der Waals surface area contributed by atoms with Crippen LogP contribution in [0.1, 0.15) is 5.56 Å². The van der Waals surface area contributed by atoms with Crippen molar-refractivity contribution in [1.29, 1.82) is 0 Å². The lowest BCUT2D eigenvalue weighted by atomic mass is 9.87. The summed E-state index contributed by atoms with van der Waals surface area (Å²) in [7, 11) is 0. The summed E-state index contributed by atoms with van der Waals surface area (Å²) in [6.07, 6.45) is 0. The molecule has 3 heteroatoms. The quantitative estimate of drug-likeness (QED) is 0.199. The van der Waals surface area contributed by atoms with Gasteiger partial charge in [0.05, 0.1) is 16.9 Å². The number of rotatable bonds is 2. The molecule has 0 aliphatic carbocycles. The molecule has 1 aliphatic heterocycles. The van der Waals surface area contributed by atoms with E-state index in [1.54, 1.807) is 0 Å². The van der Waals surface area contributed by atoms with E-state index >= 15 is 0 Å². The summed E-state index contributed by atoms with van der Waals surface area (Å²) in [6.45, 7) is 2.25. The molecule has 210 valence electrons. The number of benzene rings is 7. The van der Waals surface area contributed by atoms with Gasteiger partial charge in [0, 0.05) is 42.1 Å². The van der Waals surface area contributed by atoms with Gasteiger partial charge in [-0.3, -0.25) is 4.90 Å². The van der Waals surface area contributed by atoms with E-state index in [4.69, 9.17) is 4.98 Å². The number of hydrogen-bond donors (Lipinski definition) is 0. The molecule has 0 saturated heterocycles. The van der Waals surface area contributed by atoms with E-state index in [1.165, 1.54) is 80.6 Å². The van der Waals surface area contributed by atoms with Crippen LogP contribution in [0.25, 0.3) is 74.9 Å². The van der Waals surface area contributed by atoms with Gasteiger partial charge in [0.25, 0.3) is 0 Å². The van der Waals surface area contributed by atoms with Gasteiger partial charge in [0.2, 0.25) is 0 Å². The Morgan fingerprint density at radius 3 is 2.18 bits per heavy atom. The van der Waals surface area contributed by atoms with Crippen LogP contribution in [-0.4, -0.2) is 4.98 Å². The Morgan fingerprint density at radius 2 is 1.27 bits per heavy atom. The van der Waals surface area contributed by atoms with E-state index in [0.717, 1.165) is 17.0 Å². The van der Waals surface area contributed by atoms with Crippen molar-refractivity contribution in [3.8, 4) is 22.3 Å². The highest BCUT2D eigenvalue weighted by Crippen LogP contribution is 2.54. The molecule has 2 nitrogen and oxygen atoms in total. The molecule has 9 aromatic rings. The number of aromatic nitrogens is 1. The summed E-state index contributed by atoms with van der Waals surface area (Å²) in [5, 5.41) is 8.81. The molecule has 0 atom stereocenters. The van der Waals surface area contributed by atoms with Gasteiger partial charge in [0.1, 0.15) is 5.82 Å². The highest BCUT2D eigenvalue weighted by Gasteiger charge is 2.30. The van der Waals surface area contributed by atoms with Gasteiger partial charge in [-0.25, -0.2) is 4.98 Å². The molecule has 0 N–H and O–H groups in total. The van der Waals surface area contributed by atoms with Crippen molar-refractivity contribution >= 4 is 81.1 Å². The van der Waals surface area contributed by atoms with Crippen molar-refractivity contribution in [1.82, 2.24) is 4.98 Å². The number of pyridine rings is 1. The first-order valence-electron chi connectivity index (χ1n) is 15.4. The van der Waals surface area contributed by atoms with Crippen LogP contribution in [0.2, 0.25) is 0 Å². The summed E-state index contributed by atoms with van der Waals surface area (Å²) in [6, 6.07) is 50.9. The van der Waals surface area contributed by atoms with E-state index in [-0.39, 0.29) is 0 Å². The smallest absolute Gasteiger partial charge is 0.141 e. The number of hydrogen-bond acceptors (Lipinski definition) is 3. The zero-order valence-electron chi connectivity index (χ0n) is 24.6. The molecular formula is C42H26N2S. The first-order valence-corrected chi connectivity index (χ1v) is 16.2. The van der Waals surface area contributed by atoms with E-state index in [9.17, 15) is 0 Å². The Morgan fingerprint density at radius 1 is 0.533 bits per heavy atom. The normalized spacial score (nSPS) is 12.5. The average molecular weight is 591 g/mol. The highest BCUT2D eigenvalue weighted by molar-refractivity contribution is 7.25. The summed E-state index contributed by atoms with van der Waals surface area (Å²) in [5.74, 6) is 0.970. The predicted molar refractivity (Wildman–Crippen MR) is 193 cm³/mol. The summed E-state index contributed by atoms with van der Waals surface area (Å²) >= 11 is 1.86. The number of thiophene rings is 1. The van der Waals surface area contributed by atoms with E-state index in [0.29, 0.717) is 0 Å². The molecule has 2 aromatic heterocycles. The molecule has 0 fully saturated rings. The maximum absolute atomic E-state index is 5.45. The van der Waals surface area contributed by atoms with Crippen LogP contribution in [-0.2, 0) is 0 Å². The van der Waals surface area contributed by atoms with E-state index in [2.05, 4.69) is 151 Å². The van der Waals surface area contributed by atoms with Gasteiger partial charge in [-0.1, -0.05) is 103 Å². The maximum atomic E-state index is 5.45. The Labute approximate surface area is 264 Å². The van der Waals surface area contributed by atoms with Crippen molar-refractivity contribution in [3.63, 3.8) is 0 Å². The predicted octanol–water partition coefficient (Wildman–Crippen LogP) is 12.3. The van der Waals surface area contributed by atoms with Crippen LogP contribution < -0.4 is 4.90 Å². The third kappa shape index (κ3) is 3.47. The first kappa shape index (κ1) is 24.9. The van der Waals surface area contributed by atoms with Gasteiger partial charge >= 0.3 is 0 Å². The van der Waals surface area contributed by atoms with Gasteiger partial charge in [0.15, 0.2) is 0 Å². The fourth-order valence-corrected chi connectivity index (χ4v) is 8.66. The maximum Gasteiger partial charge on any atom is 0.141 e. The summed E-state index contributed by atoms with van der Waals surface area (Å²) in [5.41, 5.74) is 9.50. The third-order valence-electron chi connectivity index (χ3n) is 9.53. The fraction of sp³-hybridized carbons (Fsp3) is 0.0238. The Kier molecular flexibility index (Phi) is 5.11. The minimum Gasteiger partial charge on any atom is -0.293 e. The van der Waals surface area contributed by atoms with E-state index < -0.39 is 0 Å². The lowest BCUT2D eigenvalue weighted by Crippen LogP contribution is -2.18. The van der Waals surface area contributed by atoms with Crippen LogP contribution in [0.5, 0.6) is 0 Å². The largest absolute Gasteiger partial charge is 0.293 e. The van der Waals surface area contributed by atoms with Crippen molar-refractivity contribution in [2.75, 3.05) is 4.90 Å². The molecule has 45 heavy (non-hydrogen) atoms. The lowest BCUT2D eigenvalue weighted by molar-refractivity contribution is 1.18.